The van der Waals surface area contributed by atoms with E-state index in [0.29, 0.717) is 17.0 Å². The molecule has 1 fully saturated rings. The number of halogens is 3. The quantitative estimate of drug-likeness (QED) is 0.254. The number of nitrogens with one attached hydrogen (secondary N) is 1. The molecule has 4 rings (SSSR count). The van der Waals surface area contributed by atoms with E-state index in [0.717, 1.165) is 30.0 Å². The minimum absolute atomic E-state index is 0.00688. The van der Waals surface area contributed by atoms with Gasteiger partial charge in [0.1, 0.15) is 12.6 Å². The maximum Gasteiger partial charge on any atom is 0.264 e. The van der Waals surface area contributed by atoms with Gasteiger partial charge in [0.05, 0.1) is 10.6 Å². The van der Waals surface area contributed by atoms with E-state index in [1.165, 1.54) is 35.2 Å². The third kappa shape index (κ3) is 7.74. The van der Waals surface area contributed by atoms with Gasteiger partial charge in [0.2, 0.25) is 11.8 Å². The summed E-state index contributed by atoms with van der Waals surface area (Å²) < 4.78 is 28.8. The van der Waals surface area contributed by atoms with Crippen LogP contribution in [0.3, 0.4) is 0 Å². The molecule has 1 aliphatic carbocycles. The minimum Gasteiger partial charge on any atom is -0.352 e. The molecule has 0 saturated heterocycles. The molecule has 41 heavy (non-hydrogen) atoms. The first-order valence-corrected chi connectivity index (χ1v) is 16.0. The van der Waals surface area contributed by atoms with Gasteiger partial charge in [-0.1, -0.05) is 91.0 Å². The zero-order chi connectivity index (χ0) is 29.6. The lowest BCUT2D eigenvalue weighted by atomic mass is 10.1. The summed E-state index contributed by atoms with van der Waals surface area (Å²) in [5.41, 5.74) is 0.763. The molecule has 2 amide bonds. The van der Waals surface area contributed by atoms with Crippen LogP contribution >= 0.6 is 34.8 Å². The predicted octanol–water partition coefficient (Wildman–Crippen LogP) is 6.71. The molecular formula is C30H32Cl3N3O4S. The standard InChI is InChI=1S/C30H32Cl3N3O4S/c1-2-28(30(38)34-24-11-7-8-12-24)35(19-21-10-6-9-15-27(21)33)29(37)20-36(25-17-22(31)16-23(32)18-25)41(39,40)26-13-4-3-5-14-26/h3-6,9-10,13-18,24,28H,2,7-8,11-12,19-20H2,1H3,(H,34,38)/t28-/m0/s1. The Morgan fingerprint density at radius 3 is 2.15 bits per heavy atom. The number of carbonyl (C=O) groups excluding carboxylic acids is 2. The van der Waals surface area contributed by atoms with Crippen LogP contribution in [-0.4, -0.2) is 43.8 Å². The van der Waals surface area contributed by atoms with Gasteiger partial charge in [-0.15, -0.1) is 0 Å². The fourth-order valence-electron chi connectivity index (χ4n) is 5.03. The van der Waals surface area contributed by atoms with Crippen LogP contribution in [0.2, 0.25) is 15.1 Å². The zero-order valence-electron chi connectivity index (χ0n) is 22.6. The van der Waals surface area contributed by atoms with Crippen molar-refractivity contribution >= 4 is 62.3 Å². The van der Waals surface area contributed by atoms with Crippen molar-refractivity contribution in [1.82, 2.24) is 10.2 Å². The van der Waals surface area contributed by atoms with E-state index in [4.69, 9.17) is 34.8 Å². The Bertz CT molecular complexity index is 1460. The van der Waals surface area contributed by atoms with Gasteiger partial charge in [-0.25, -0.2) is 8.42 Å². The number of hydrogen-bond acceptors (Lipinski definition) is 4. The molecule has 1 aliphatic rings. The topological polar surface area (TPSA) is 86.8 Å². The number of hydrogen-bond donors (Lipinski definition) is 1. The largest absolute Gasteiger partial charge is 0.352 e. The Hall–Kier alpha value is -2.78. The molecule has 1 atom stereocenters. The highest BCUT2D eigenvalue weighted by atomic mass is 35.5. The molecule has 7 nitrogen and oxygen atoms in total. The minimum atomic E-state index is -4.23. The second kappa shape index (κ2) is 13.9. The van der Waals surface area contributed by atoms with Crippen molar-refractivity contribution in [3.63, 3.8) is 0 Å². The molecule has 11 heteroatoms. The van der Waals surface area contributed by atoms with Gasteiger partial charge >= 0.3 is 0 Å². The summed E-state index contributed by atoms with van der Waals surface area (Å²) in [7, 11) is -4.23. The molecule has 3 aromatic rings. The van der Waals surface area contributed by atoms with E-state index in [1.54, 1.807) is 42.5 Å². The Balaban J connectivity index is 1.74. The smallest absolute Gasteiger partial charge is 0.264 e. The first-order valence-electron chi connectivity index (χ1n) is 13.5. The lowest BCUT2D eigenvalue weighted by Gasteiger charge is -2.34. The molecule has 0 spiro atoms. The van der Waals surface area contributed by atoms with Crippen LogP contribution in [0.5, 0.6) is 0 Å². The molecule has 0 aliphatic heterocycles. The first kappa shape index (κ1) is 31.2. The van der Waals surface area contributed by atoms with Gasteiger partial charge in [-0.3, -0.25) is 13.9 Å². The lowest BCUT2D eigenvalue weighted by molar-refractivity contribution is -0.140. The van der Waals surface area contributed by atoms with Crippen molar-refractivity contribution in [3.8, 4) is 0 Å². The van der Waals surface area contributed by atoms with Crippen molar-refractivity contribution in [2.24, 2.45) is 0 Å². The van der Waals surface area contributed by atoms with Gasteiger partial charge in [0, 0.05) is 27.7 Å². The summed E-state index contributed by atoms with van der Waals surface area (Å²) in [5, 5.41) is 3.95. The van der Waals surface area contributed by atoms with Crippen molar-refractivity contribution < 1.29 is 18.0 Å². The van der Waals surface area contributed by atoms with Crippen LogP contribution in [0.15, 0.2) is 77.7 Å². The monoisotopic (exact) mass is 635 g/mol. The summed E-state index contributed by atoms with van der Waals surface area (Å²) >= 11 is 18.9. The van der Waals surface area contributed by atoms with Gasteiger partial charge in [-0.05, 0) is 61.2 Å². The maximum absolute atomic E-state index is 14.2. The summed E-state index contributed by atoms with van der Waals surface area (Å²) in [5.74, 6) is -0.850. The average molecular weight is 637 g/mol. The molecule has 1 N–H and O–H groups in total. The van der Waals surface area contributed by atoms with E-state index in [-0.39, 0.29) is 39.1 Å². The van der Waals surface area contributed by atoms with E-state index < -0.39 is 28.5 Å². The van der Waals surface area contributed by atoms with Gasteiger partial charge in [-0.2, -0.15) is 0 Å². The van der Waals surface area contributed by atoms with Crippen LogP contribution in [0.4, 0.5) is 5.69 Å². The van der Waals surface area contributed by atoms with Crippen molar-refractivity contribution in [3.05, 3.63) is 93.4 Å². The van der Waals surface area contributed by atoms with Crippen LogP contribution in [-0.2, 0) is 26.2 Å². The average Bonchev–Trinajstić information content (AvgIpc) is 3.45. The normalized spacial score (nSPS) is 14.4. The van der Waals surface area contributed by atoms with Gasteiger partial charge < -0.3 is 10.2 Å². The Labute approximate surface area is 256 Å². The summed E-state index contributed by atoms with van der Waals surface area (Å²) in [6.07, 6.45) is 4.18. The highest BCUT2D eigenvalue weighted by Gasteiger charge is 2.35. The molecule has 0 aromatic heterocycles. The fourth-order valence-corrected chi connectivity index (χ4v) is 7.16. The van der Waals surface area contributed by atoms with Crippen molar-refractivity contribution in [2.45, 2.75) is 62.6 Å². The summed E-state index contributed by atoms with van der Waals surface area (Å²) in [4.78, 5) is 29.1. The number of benzene rings is 3. The Morgan fingerprint density at radius 2 is 1.54 bits per heavy atom. The van der Waals surface area contributed by atoms with E-state index in [2.05, 4.69) is 5.32 Å². The van der Waals surface area contributed by atoms with E-state index in [9.17, 15) is 18.0 Å². The number of sulfonamides is 1. The Kier molecular flexibility index (Phi) is 10.6. The molecule has 1 saturated carbocycles. The van der Waals surface area contributed by atoms with Crippen molar-refractivity contribution in [2.75, 3.05) is 10.8 Å². The summed E-state index contributed by atoms with van der Waals surface area (Å²) in [6, 6.07) is 18.4. The van der Waals surface area contributed by atoms with Gasteiger partial charge in [0.25, 0.3) is 10.0 Å². The van der Waals surface area contributed by atoms with Crippen LogP contribution < -0.4 is 9.62 Å². The molecular weight excluding hydrogens is 605 g/mol. The van der Waals surface area contributed by atoms with Crippen molar-refractivity contribution in [1.29, 1.82) is 0 Å². The van der Waals surface area contributed by atoms with E-state index >= 15 is 0 Å². The predicted molar refractivity (Wildman–Crippen MR) is 164 cm³/mol. The van der Waals surface area contributed by atoms with Gasteiger partial charge in [0.15, 0.2) is 0 Å². The molecule has 0 unspecified atom stereocenters. The third-order valence-electron chi connectivity index (χ3n) is 7.13. The second-order valence-corrected chi connectivity index (χ2v) is 13.1. The fraction of sp³-hybridized carbons (Fsp3) is 0.333. The van der Waals surface area contributed by atoms with Crippen LogP contribution in [0.25, 0.3) is 0 Å². The number of carbonyl (C=O) groups is 2. The zero-order valence-corrected chi connectivity index (χ0v) is 25.7. The number of rotatable bonds is 11. The highest BCUT2D eigenvalue weighted by Crippen LogP contribution is 2.30. The molecule has 0 radical (unpaired) electrons. The second-order valence-electron chi connectivity index (χ2n) is 9.98. The molecule has 0 heterocycles. The molecule has 0 bridgehead atoms. The Morgan fingerprint density at radius 1 is 0.927 bits per heavy atom. The summed E-state index contributed by atoms with van der Waals surface area (Å²) in [6.45, 7) is 1.25. The number of amides is 2. The first-order chi connectivity index (χ1) is 19.6. The van der Waals surface area contributed by atoms with Crippen LogP contribution in [0.1, 0.15) is 44.6 Å². The highest BCUT2D eigenvalue weighted by molar-refractivity contribution is 7.92. The lowest BCUT2D eigenvalue weighted by Crippen LogP contribution is -2.53. The maximum atomic E-state index is 14.2. The number of nitrogens with zero attached hydrogens (tertiary/aromatic N) is 2. The van der Waals surface area contributed by atoms with Crippen LogP contribution in [0, 0.1) is 0 Å². The van der Waals surface area contributed by atoms with E-state index in [1.807, 2.05) is 6.92 Å². The molecule has 218 valence electrons. The third-order valence-corrected chi connectivity index (χ3v) is 9.72. The molecule has 3 aromatic carbocycles. The number of anilines is 1. The SMILES string of the molecule is CC[C@@H](C(=O)NC1CCCC1)N(Cc1ccccc1Cl)C(=O)CN(c1cc(Cl)cc(Cl)c1)S(=O)(=O)c1ccccc1.